The van der Waals surface area contributed by atoms with Crippen LogP contribution in [0.2, 0.25) is 0 Å². The summed E-state index contributed by atoms with van der Waals surface area (Å²) in [7, 11) is 0. The third kappa shape index (κ3) is 2.90. The molecule has 0 radical (unpaired) electrons. The molecule has 2 heterocycles. The fourth-order valence-corrected chi connectivity index (χ4v) is 2.22. The summed E-state index contributed by atoms with van der Waals surface area (Å²) in [6.07, 6.45) is 3.22. The van der Waals surface area contributed by atoms with Crippen molar-refractivity contribution in [1.29, 1.82) is 0 Å². The quantitative estimate of drug-likeness (QED) is 0.633. The molecule has 1 fully saturated rings. The summed E-state index contributed by atoms with van der Waals surface area (Å²) < 4.78 is 0. The van der Waals surface area contributed by atoms with Crippen molar-refractivity contribution in [2.24, 2.45) is 11.3 Å². The van der Waals surface area contributed by atoms with E-state index in [2.05, 4.69) is 41.1 Å². The number of rotatable bonds is 3. The number of hydrogen-bond acceptors (Lipinski definition) is 5. The van der Waals surface area contributed by atoms with Crippen LogP contribution in [0.5, 0.6) is 0 Å². The standard InChI is InChI=1S/C13H23N5/c1-4-10-15-11(17-14)9-12(16-10)18-7-5-13(2,3)6-8-18/h9H,4-8,14H2,1-3H3,(H,15,16,17). The van der Waals surface area contributed by atoms with Gasteiger partial charge in [0.15, 0.2) is 0 Å². The molecule has 18 heavy (non-hydrogen) atoms. The molecule has 0 aromatic carbocycles. The first kappa shape index (κ1) is 13.1. The number of nitrogens with one attached hydrogen (secondary N) is 1. The Bertz CT molecular complexity index is 384. The van der Waals surface area contributed by atoms with Gasteiger partial charge in [0.2, 0.25) is 0 Å². The summed E-state index contributed by atoms with van der Waals surface area (Å²) in [5, 5.41) is 0. The van der Waals surface area contributed by atoms with Crippen LogP contribution in [0.15, 0.2) is 6.07 Å². The van der Waals surface area contributed by atoms with E-state index in [9.17, 15) is 0 Å². The molecule has 1 saturated heterocycles. The molecular formula is C13H23N5. The zero-order valence-electron chi connectivity index (χ0n) is 11.5. The van der Waals surface area contributed by atoms with Crippen LogP contribution in [0.25, 0.3) is 0 Å². The average molecular weight is 249 g/mol. The van der Waals surface area contributed by atoms with Crippen molar-refractivity contribution in [3.05, 3.63) is 11.9 Å². The summed E-state index contributed by atoms with van der Waals surface area (Å²) in [6.45, 7) is 8.82. The maximum atomic E-state index is 5.46. The van der Waals surface area contributed by atoms with Crippen LogP contribution in [0, 0.1) is 5.41 Å². The van der Waals surface area contributed by atoms with Crippen LogP contribution in [0.4, 0.5) is 11.6 Å². The molecule has 5 heteroatoms. The number of aromatic nitrogens is 2. The highest BCUT2D eigenvalue weighted by Crippen LogP contribution is 2.31. The monoisotopic (exact) mass is 249 g/mol. The third-order valence-electron chi connectivity index (χ3n) is 3.66. The normalized spacial score (nSPS) is 18.8. The highest BCUT2D eigenvalue weighted by atomic mass is 15.3. The molecule has 1 aliphatic rings. The molecule has 5 nitrogen and oxygen atoms in total. The summed E-state index contributed by atoms with van der Waals surface area (Å²) >= 11 is 0. The summed E-state index contributed by atoms with van der Waals surface area (Å²) in [6, 6.07) is 1.93. The molecule has 1 aromatic heterocycles. The molecule has 1 aliphatic heterocycles. The fourth-order valence-electron chi connectivity index (χ4n) is 2.22. The van der Waals surface area contributed by atoms with E-state index in [4.69, 9.17) is 5.84 Å². The number of nitrogen functional groups attached to an aromatic ring is 1. The molecule has 0 saturated carbocycles. The lowest BCUT2D eigenvalue weighted by molar-refractivity contribution is 0.279. The van der Waals surface area contributed by atoms with E-state index >= 15 is 0 Å². The number of hydrogen-bond donors (Lipinski definition) is 2. The number of anilines is 2. The molecule has 0 atom stereocenters. The zero-order valence-corrected chi connectivity index (χ0v) is 11.5. The van der Waals surface area contributed by atoms with Gasteiger partial charge in [-0.3, -0.25) is 0 Å². The largest absolute Gasteiger partial charge is 0.356 e. The van der Waals surface area contributed by atoms with Gasteiger partial charge in [-0.2, -0.15) is 0 Å². The smallest absolute Gasteiger partial charge is 0.145 e. The molecule has 0 amide bonds. The van der Waals surface area contributed by atoms with Crippen LogP contribution in [0.3, 0.4) is 0 Å². The van der Waals surface area contributed by atoms with Crippen LogP contribution in [-0.2, 0) is 6.42 Å². The lowest BCUT2D eigenvalue weighted by atomic mass is 9.83. The number of nitrogens with zero attached hydrogens (tertiary/aromatic N) is 3. The van der Waals surface area contributed by atoms with E-state index in [1.807, 2.05) is 6.07 Å². The SMILES string of the molecule is CCc1nc(NN)cc(N2CCC(C)(C)CC2)n1. The van der Waals surface area contributed by atoms with E-state index in [1.165, 1.54) is 12.8 Å². The highest BCUT2D eigenvalue weighted by molar-refractivity contribution is 5.49. The number of hydrazine groups is 1. The average Bonchev–Trinajstić information content (AvgIpc) is 2.38. The Hall–Kier alpha value is -1.36. The van der Waals surface area contributed by atoms with Crippen molar-refractivity contribution in [2.45, 2.75) is 40.0 Å². The van der Waals surface area contributed by atoms with Crippen LogP contribution in [-0.4, -0.2) is 23.1 Å². The topological polar surface area (TPSA) is 67.1 Å². The lowest BCUT2D eigenvalue weighted by Crippen LogP contribution is -2.38. The van der Waals surface area contributed by atoms with Gasteiger partial charge in [0.05, 0.1) is 0 Å². The first-order valence-corrected chi connectivity index (χ1v) is 6.63. The Kier molecular flexibility index (Phi) is 3.71. The lowest BCUT2D eigenvalue weighted by Gasteiger charge is -2.37. The highest BCUT2D eigenvalue weighted by Gasteiger charge is 2.26. The van der Waals surface area contributed by atoms with Crippen LogP contribution in [0.1, 0.15) is 39.4 Å². The molecule has 1 aromatic rings. The van der Waals surface area contributed by atoms with Crippen molar-refractivity contribution >= 4 is 11.6 Å². The molecule has 0 bridgehead atoms. The van der Waals surface area contributed by atoms with E-state index in [0.717, 1.165) is 31.2 Å². The van der Waals surface area contributed by atoms with Gasteiger partial charge in [0.25, 0.3) is 0 Å². The molecule has 0 spiro atoms. The minimum absolute atomic E-state index is 0.450. The van der Waals surface area contributed by atoms with E-state index in [1.54, 1.807) is 0 Å². The summed E-state index contributed by atoms with van der Waals surface area (Å²) in [5.74, 6) is 7.98. The van der Waals surface area contributed by atoms with Crippen molar-refractivity contribution < 1.29 is 0 Å². The van der Waals surface area contributed by atoms with Crippen molar-refractivity contribution in [3.63, 3.8) is 0 Å². The second kappa shape index (κ2) is 5.10. The molecule has 3 N–H and O–H groups in total. The van der Waals surface area contributed by atoms with Crippen molar-refractivity contribution in [1.82, 2.24) is 9.97 Å². The minimum atomic E-state index is 0.450. The minimum Gasteiger partial charge on any atom is -0.356 e. The first-order valence-electron chi connectivity index (χ1n) is 6.63. The van der Waals surface area contributed by atoms with Gasteiger partial charge >= 0.3 is 0 Å². The molecule has 2 rings (SSSR count). The predicted octanol–water partition coefficient (Wildman–Crippen LogP) is 1.95. The predicted molar refractivity (Wildman–Crippen MR) is 74.4 cm³/mol. The van der Waals surface area contributed by atoms with E-state index in [0.29, 0.717) is 11.2 Å². The molecule has 0 unspecified atom stereocenters. The van der Waals surface area contributed by atoms with Gasteiger partial charge in [-0.15, -0.1) is 0 Å². The Balaban J connectivity index is 2.18. The Morgan fingerprint density at radius 3 is 2.56 bits per heavy atom. The third-order valence-corrected chi connectivity index (χ3v) is 3.66. The number of piperidine rings is 1. The van der Waals surface area contributed by atoms with Gasteiger partial charge in [-0.25, -0.2) is 15.8 Å². The van der Waals surface area contributed by atoms with E-state index in [-0.39, 0.29) is 0 Å². The van der Waals surface area contributed by atoms with Gasteiger partial charge < -0.3 is 10.3 Å². The molecular weight excluding hydrogens is 226 g/mol. The second-order valence-electron chi connectivity index (χ2n) is 5.68. The van der Waals surface area contributed by atoms with Gasteiger partial charge in [-0.1, -0.05) is 20.8 Å². The van der Waals surface area contributed by atoms with Gasteiger partial charge in [0.1, 0.15) is 17.5 Å². The summed E-state index contributed by atoms with van der Waals surface area (Å²) in [5.41, 5.74) is 3.07. The van der Waals surface area contributed by atoms with Crippen molar-refractivity contribution in [3.8, 4) is 0 Å². The maximum absolute atomic E-state index is 5.46. The Morgan fingerprint density at radius 1 is 1.33 bits per heavy atom. The summed E-state index contributed by atoms with van der Waals surface area (Å²) in [4.78, 5) is 11.2. The van der Waals surface area contributed by atoms with Crippen LogP contribution >= 0.6 is 0 Å². The maximum Gasteiger partial charge on any atom is 0.145 e. The van der Waals surface area contributed by atoms with Crippen molar-refractivity contribution in [2.75, 3.05) is 23.4 Å². The number of aryl methyl sites for hydroxylation is 1. The van der Waals surface area contributed by atoms with Gasteiger partial charge in [-0.05, 0) is 18.3 Å². The second-order valence-corrected chi connectivity index (χ2v) is 5.68. The Morgan fingerprint density at radius 2 is 2.00 bits per heavy atom. The number of nitrogens with two attached hydrogens (primary N) is 1. The zero-order chi connectivity index (χ0) is 13.2. The van der Waals surface area contributed by atoms with Gasteiger partial charge in [0, 0.05) is 25.6 Å². The molecule has 0 aliphatic carbocycles. The fraction of sp³-hybridized carbons (Fsp3) is 0.692. The van der Waals surface area contributed by atoms with Crippen LogP contribution < -0.4 is 16.2 Å². The first-order chi connectivity index (χ1) is 8.54. The Labute approximate surface area is 109 Å². The molecule has 100 valence electrons. The van der Waals surface area contributed by atoms with E-state index < -0.39 is 0 Å².